The lowest BCUT2D eigenvalue weighted by atomic mass is 9.84. The molecular weight excluding hydrogens is 270 g/mol. The summed E-state index contributed by atoms with van der Waals surface area (Å²) in [6.45, 7) is 2.89. The normalized spacial score (nSPS) is 26.3. The van der Waals surface area contributed by atoms with Crippen LogP contribution in [0.25, 0.3) is 0 Å². The number of carbonyl (C=O) groups excluding carboxylic acids is 3. The largest absolute Gasteiger partial charge is 0.319 e. The molecule has 0 atom stereocenters. The molecule has 7 heteroatoms. The number of carbonyl (C=O) groups is 3. The maximum Gasteiger partial charge on any atom is 0.252 e. The molecule has 0 unspecified atom stereocenters. The minimum atomic E-state index is -2.71. The second-order valence-corrected chi connectivity index (χ2v) is 5.99. The summed E-state index contributed by atoms with van der Waals surface area (Å²) < 4.78 is 26.2. The Morgan fingerprint density at radius 3 is 2.35 bits per heavy atom. The molecule has 3 amide bonds. The molecule has 0 bridgehead atoms. The zero-order valence-corrected chi connectivity index (χ0v) is 11.5. The van der Waals surface area contributed by atoms with Crippen LogP contribution in [0.3, 0.4) is 0 Å². The van der Waals surface area contributed by atoms with Crippen molar-refractivity contribution in [3.8, 4) is 0 Å². The summed E-state index contributed by atoms with van der Waals surface area (Å²) >= 11 is 0. The summed E-state index contributed by atoms with van der Waals surface area (Å²) in [5.74, 6) is -4.70. The van der Waals surface area contributed by atoms with Crippen molar-refractivity contribution in [1.29, 1.82) is 0 Å². The molecule has 2 aliphatic rings. The monoisotopic (exact) mass is 288 g/mol. The van der Waals surface area contributed by atoms with Crippen LogP contribution in [0.5, 0.6) is 0 Å². The molecule has 0 radical (unpaired) electrons. The molecule has 1 saturated heterocycles. The quantitative estimate of drug-likeness (QED) is 0.734. The number of amides is 3. The van der Waals surface area contributed by atoms with Gasteiger partial charge >= 0.3 is 0 Å². The number of piperazine rings is 1. The smallest absolute Gasteiger partial charge is 0.252 e. The summed E-state index contributed by atoms with van der Waals surface area (Å²) in [4.78, 5) is 36.8. The molecule has 2 fully saturated rings. The maximum absolute atomic E-state index is 13.1. The van der Waals surface area contributed by atoms with Gasteiger partial charge in [0.1, 0.15) is 12.1 Å². The van der Waals surface area contributed by atoms with E-state index in [0.29, 0.717) is 0 Å². The van der Waals surface area contributed by atoms with E-state index in [9.17, 15) is 23.2 Å². The van der Waals surface area contributed by atoms with E-state index in [0.717, 1.165) is 0 Å². The lowest BCUT2D eigenvalue weighted by Crippen LogP contribution is -2.66. The highest BCUT2D eigenvalue weighted by Gasteiger charge is 2.47. The zero-order chi connectivity index (χ0) is 15.1. The van der Waals surface area contributed by atoms with Crippen molar-refractivity contribution < 1.29 is 23.2 Å². The number of imide groups is 1. The van der Waals surface area contributed by atoms with E-state index in [4.69, 9.17) is 0 Å². The summed E-state index contributed by atoms with van der Waals surface area (Å²) in [5.41, 5.74) is -1.13. The van der Waals surface area contributed by atoms with Crippen LogP contribution in [0.2, 0.25) is 0 Å². The van der Waals surface area contributed by atoms with Gasteiger partial charge in [-0.15, -0.1) is 0 Å². The first kappa shape index (κ1) is 14.9. The van der Waals surface area contributed by atoms with E-state index in [1.807, 2.05) is 0 Å². The third-order valence-corrected chi connectivity index (χ3v) is 4.12. The third-order valence-electron chi connectivity index (χ3n) is 4.12. The number of nitrogens with zero attached hydrogens (tertiary/aromatic N) is 1. The molecule has 1 saturated carbocycles. The second-order valence-electron chi connectivity index (χ2n) is 5.99. The average molecular weight is 288 g/mol. The van der Waals surface area contributed by atoms with Gasteiger partial charge in [0.15, 0.2) is 0 Å². The van der Waals surface area contributed by atoms with Crippen LogP contribution >= 0.6 is 0 Å². The molecule has 0 aromatic rings. The molecule has 0 aromatic heterocycles. The van der Waals surface area contributed by atoms with Crippen molar-refractivity contribution in [3.05, 3.63) is 0 Å². The van der Waals surface area contributed by atoms with Crippen molar-refractivity contribution in [2.24, 2.45) is 5.92 Å². The molecule has 0 spiro atoms. The molecule has 0 aromatic carbocycles. The molecule has 1 heterocycles. The van der Waals surface area contributed by atoms with Gasteiger partial charge in [0.25, 0.3) is 5.91 Å². The number of nitrogens with one attached hydrogen (secondary N) is 1. The Balaban J connectivity index is 2.12. The number of alkyl halides is 2. The SMILES string of the molecule is CC1(C)C(=O)NC(=O)CN1C(=O)C1CCC(F)(F)CC1. The Bertz CT molecular complexity index is 453. The van der Waals surface area contributed by atoms with E-state index in [-0.39, 0.29) is 38.1 Å². The molecule has 2 rings (SSSR count). The van der Waals surface area contributed by atoms with Gasteiger partial charge in [-0.25, -0.2) is 8.78 Å². The Kier molecular flexibility index (Phi) is 3.56. The fourth-order valence-corrected chi connectivity index (χ4v) is 2.64. The molecule has 1 aliphatic heterocycles. The maximum atomic E-state index is 13.1. The second kappa shape index (κ2) is 4.79. The Morgan fingerprint density at radius 2 is 1.80 bits per heavy atom. The fourth-order valence-electron chi connectivity index (χ4n) is 2.64. The lowest BCUT2D eigenvalue weighted by molar-refractivity contribution is -0.159. The minimum absolute atomic E-state index is 0.0915. The Labute approximate surface area is 115 Å². The van der Waals surface area contributed by atoms with Gasteiger partial charge in [0.05, 0.1) is 0 Å². The van der Waals surface area contributed by atoms with Crippen LogP contribution in [0, 0.1) is 5.92 Å². The minimum Gasteiger partial charge on any atom is -0.319 e. The zero-order valence-electron chi connectivity index (χ0n) is 11.5. The van der Waals surface area contributed by atoms with E-state index >= 15 is 0 Å². The van der Waals surface area contributed by atoms with Gasteiger partial charge in [-0.3, -0.25) is 19.7 Å². The first-order valence-corrected chi connectivity index (χ1v) is 6.67. The van der Waals surface area contributed by atoms with Crippen LogP contribution in [0.4, 0.5) is 8.78 Å². The summed E-state index contributed by atoms with van der Waals surface area (Å²) in [5, 5.41) is 2.18. The molecular formula is C13H18F2N2O3. The van der Waals surface area contributed by atoms with Crippen LogP contribution in [-0.4, -0.2) is 40.6 Å². The highest BCUT2D eigenvalue weighted by atomic mass is 19.3. The van der Waals surface area contributed by atoms with Crippen molar-refractivity contribution in [2.45, 2.75) is 51.0 Å². The van der Waals surface area contributed by atoms with Gasteiger partial charge in [-0.05, 0) is 26.7 Å². The Hall–Kier alpha value is -1.53. The average Bonchev–Trinajstić information content (AvgIpc) is 2.33. The molecule has 5 nitrogen and oxygen atoms in total. The lowest BCUT2D eigenvalue weighted by Gasteiger charge is -2.42. The highest BCUT2D eigenvalue weighted by molar-refractivity contribution is 6.06. The van der Waals surface area contributed by atoms with Gasteiger partial charge in [0, 0.05) is 18.8 Å². The number of rotatable bonds is 1. The predicted molar refractivity (Wildman–Crippen MR) is 65.8 cm³/mol. The molecule has 112 valence electrons. The van der Waals surface area contributed by atoms with Crippen LogP contribution < -0.4 is 5.32 Å². The topological polar surface area (TPSA) is 66.5 Å². The van der Waals surface area contributed by atoms with Crippen LogP contribution in [0.15, 0.2) is 0 Å². The van der Waals surface area contributed by atoms with Gasteiger partial charge in [-0.1, -0.05) is 0 Å². The first-order chi connectivity index (χ1) is 9.13. The molecule has 1 aliphatic carbocycles. The standard InChI is InChI=1S/C13H18F2N2O3/c1-12(2)11(20)16-9(18)7-17(12)10(19)8-3-5-13(14,15)6-4-8/h8H,3-7H2,1-2H3,(H,16,18,20). The van der Waals surface area contributed by atoms with E-state index in [2.05, 4.69) is 5.32 Å². The van der Waals surface area contributed by atoms with Crippen LogP contribution in [-0.2, 0) is 14.4 Å². The van der Waals surface area contributed by atoms with Crippen molar-refractivity contribution in [1.82, 2.24) is 10.2 Å². The molecule has 1 N–H and O–H groups in total. The first-order valence-electron chi connectivity index (χ1n) is 6.67. The highest BCUT2D eigenvalue weighted by Crippen LogP contribution is 2.37. The van der Waals surface area contributed by atoms with Crippen molar-refractivity contribution >= 4 is 17.7 Å². The van der Waals surface area contributed by atoms with Crippen LogP contribution in [0.1, 0.15) is 39.5 Å². The van der Waals surface area contributed by atoms with E-state index in [1.54, 1.807) is 13.8 Å². The van der Waals surface area contributed by atoms with E-state index < -0.39 is 29.2 Å². The predicted octanol–water partition coefficient (Wildman–Crippen LogP) is 1.08. The van der Waals surface area contributed by atoms with Crippen molar-refractivity contribution in [2.75, 3.05) is 6.54 Å². The third kappa shape index (κ3) is 2.66. The Morgan fingerprint density at radius 1 is 1.25 bits per heavy atom. The van der Waals surface area contributed by atoms with E-state index in [1.165, 1.54) is 4.90 Å². The van der Waals surface area contributed by atoms with Gasteiger partial charge < -0.3 is 4.90 Å². The fraction of sp³-hybridized carbons (Fsp3) is 0.769. The summed E-state index contributed by atoms with van der Waals surface area (Å²) in [6, 6.07) is 0. The van der Waals surface area contributed by atoms with Gasteiger partial charge in [0.2, 0.25) is 17.7 Å². The summed E-state index contributed by atoms with van der Waals surface area (Å²) in [7, 11) is 0. The number of hydrogen-bond acceptors (Lipinski definition) is 3. The molecule has 20 heavy (non-hydrogen) atoms. The van der Waals surface area contributed by atoms with Crippen molar-refractivity contribution in [3.63, 3.8) is 0 Å². The number of hydrogen-bond donors (Lipinski definition) is 1. The summed E-state index contributed by atoms with van der Waals surface area (Å²) in [6.07, 6.45) is -0.460. The van der Waals surface area contributed by atoms with Gasteiger partial charge in [-0.2, -0.15) is 0 Å². The number of halogens is 2.